The van der Waals surface area contributed by atoms with Crippen molar-refractivity contribution in [2.24, 2.45) is 5.92 Å². The van der Waals surface area contributed by atoms with E-state index in [2.05, 4.69) is 22.2 Å². The van der Waals surface area contributed by atoms with Gasteiger partial charge in [-0.05, 0) is 18.8 Å². The molecule has 2 rings (SSSR count). The molecular formula is C14H24N6O4. The van der Waals surface area contributed by atoms with Crippen LogP contribution in [-0.2, 0) is 4.74 Å². The summed E-state index contributed by atoms with van der Waals surface area (Å²) in [6.45, 7) is 4.50. The summed E-state index contributed by atoms with van der Waals surface area (Å²) in [5.74, 6) is 0.789. The van der Waals surface area contributed by atoms with Gasteiger partial charge in [0, 0.05) is 19.6 Å². The second-order valence-corrected chi connectivity index (χ2v) is 5.82. The van der Waals surface area contributed by atoms with E-state index in [1.807, 2.05) is 4.90 Å². The minimum Gasteiger partial charge on any atom is -0.394 e. The summed E-state index contributed by atoms with van der Waals surface area (Å²) in [6.07, 6.45) is 2.05. The zero-order valence-corrected chi connectivity index (χ0v) is 13.8. The predicted molar refractivity (Wildman–Crippen MR) is 90.1 cm³/mol. The number of piperidine rings is 1. The number of aromatic nitrogens is 2. The van der Waals surface area contributed by atoms with E-state index in [9.17, 15) is 10.1 Å². The Morgan fingerprint density at radius 1 is 1.50 bits per heavy atom. The molecule has 4 N–H and O–H groups in total. The highest BCUT2D eigenvalue weighted by atomic mass is 16.6. The van der Waals surface area contributed by atoms with Crippen molar-refractivity contribution in [2.75, 3.05) is 55.4 Å². The van der Waals surface area contributed by atoms with Gasteiger partial charge in [0.2, 0.25) is 17.6 Å². The molecule has 10 heteroatoms. The fourth-order valence-corrected chi connectivity index (χ4v) is 2.72. The number of aliphatic hydroxyl groups is 1. The number of ether oxygens (including phenoxy) is 1. The Labute approximate surface area is 140 Å². The number of hydrogen-bond donors (Lipinski definition) is 3. The molecule has 0 radical (unpaired) electrons. The van der Waals surface area contributed by atoms with Gasteiger partial charge in [0.25, 0.3) is 0 Å². The molecule has 0 aliphatic carbocycles. The van der Waals surface area contributed by atoms with Crippen LogP contribution in [0.5, 0.6) is 0 Å². The summed E-state index contributed by atoms with van der Waals surface area (Å²) in [5.41, 5.74) is 5.55. The predicted octanol–water partition coefficient (Wildman–Crippen LogP) is 0.624. The Balaban J connectivity index is 2.17. The molecule has 1 aliphatic rings. The Kier molecular flexibility index (Phi) is 6.50. The number of nitrogen functional groups attached to an aromatic ring is 1. The summed E-state index contributed by atoms with van der Waals surface area (Å²) < 4.78 is 5.14. The minimum absolute atomic E-state index is 0.0434. The Hall–Kier alpha value is -2.20. The van der Waals surface area contributed by atoms with Crippen molar-refractivity contribution in [1.82, 2.24) is 9.97 Å². The van der Waals surface area contributed by atoms with Crippen LogP contribution in [0.25, 0.3) is 0 Å². The van der Waals surface area contributed by atoms with E-state index in [4.69, 9.17) is 15.6 Å². The van der Waals surface area contributed by atoms with Crippen molar-refractivity contribution in [3.05, 3.63) is 10.1 Å². The molecule has 10 nitrogen and oxygen atoms in total. The Morgan fingerprint density at radius 2 is 2.29 bits per heavy atom. The second-order valence-electron chi connectivity index (χ2n) is 5.82. The lowest BCUT2D eigenvalue weighted by molar-refractivity contribution is -0.383. The molecule has 1 saturated heterocycles. The number of aliphatic hydroxyl groups excluding tert-OH is 1. The number of rotatable bonds is 8. The molecule has 0 saturated carbocycles. The molecule has 0 aromatic carbocycles. The van der Waals surface area contributed by atoms with Gasteiger partial charge in [-0.15, -0.1) is 0 Å². The van der Waals surface area contributed by atoms with Crippen LogP contribution in [0.15, 0.2) is 0 Å². The van der Waals surface area contributed by atoms with E-state index in [1.54, 1.807) is 0 Å². The first-order chi connectivity index (χ1) is 11.5. The van der Waals surface area contributed by atoms with E-state index < -0.39 is 4.92 Å². The quantitative estimate of drug-likeness (QED) is 0.353. The summed E-state index contributed by atoms with van der Waals surface area (Å²) in [5, 5.41) is 23.0. The Bertz CT molecular complexity index is 570. The number of nitro groups is 1. The van der Waals surface area contributed by atoms with Crippen LogP contribution < -0.4 is 16.0 Å². The fourth-order valence-electron chi connectivity index (χ4n) is 2.72. The van der Waals surface area contributed by atoms with Crippen LogP contribution in [-0.4, -0.2) is 59.5 Å². The molecule has 0 spiro atoms. The lowest BCUT2D eigenvalue weighted by atomic mass is 10.0. The molecule has 1 aromatic rings. The molecule has 1 aromatic heterocycles. The number of nitrogens with zero attached hydrogens (tertiary/aromatic N) is 4. The van der Waals surface area contributed by atoms with Crippen LogP contribution >= 0.6 is 0 Å². The highest BCUT2D eigenvalue weighted by Crippen LogP contribution is 2.34. The molecule has 1 fully saturated rings. The average molecular weight is 340 g/mol. The van der Waals surface area contributed by atoms with Gasteiger partial charge < -0.3 is 25.8 Å². The standard InChI is InChI=1S/C14H24N6O4/c1-10-3-2-5-19(9-10)13-11(20(22)23)12(15)17-14(18-13)16-4-7-24-8-6-21/h10,21H,2-9H2,1H3,(H3,15,16,17,18)/t10-/m0/s1. The molecule has 1 aliphatic heterocycles. The van der Waals surface area contributed by atoms with Crippen molar-refractivity contribution in [3.63, 3.8) is 0 Å². The largest absolute Gasteiger partial charge is 0.394 e. The minimum atomic E-state index is -0.530. The normalized spacial score (nSPS) is 17.8. The molecule has 24 heavy (non-hydrogen) atoms. The fraction of sp³-hybridized carbons (Fsp3) is 0.714. The van der Waals surface area contributed by atoms with Crippen LogP contribution in [0, 0.1) is 16.0 Å². The third kappa shape index (κ3) is 4.65. The van der Waals surface area contributed by atoms with Crippen LogP contribution in [0.1, 0.15) is 19.8 Å². The lowest BCUT2D eigenvalue weighted by Gasteiger charge is -2.31. The average Bonchev–Trinajstić information content (AvgIpc) is 2.53. The van der Waals surface area contributed by atoms with E-state index >= 15 is 0 Å². The van der Waals surface area contributed by atoms with Crippen molar-refractivity contribution >= 4 is 23.3 Å². The van der Waals surface area contributed by atoms with Crippen molar-refractivity contribution in [3.8, 4) is 0 Å². The van der Waals surface area contributed by atoms with Gasteiger partial charge >= 0.3 is 5.69 Å². The van der Waals surface area contributed by atoms with Gasteiger partial charge in [0.15, 0.2) is 0 Å². The molecule has 0 unspecified atom stereocenters. The first-order valence-corrected chi connectivity index (χ1v) is 8.02. The summed E-state index contributed by atoms with van der Waals surface area (Å²) >= 11 is 0. The van der Waals surface area contributed by atoms with E-state index in [-0.39, 0.29) is 36.5 Å². The lowest BCUT2D eigenvalue weighted by Crippen LogP contribution is -2.35. The molecule has 1 atom stereocenters. The topological polar surface area (TPSA) is 140 Å². The van der Waals surface area contributed by atoms with E-state index in [1.165, 1.54) is 0 Å². The third-order valence-electron chi connectivity index (χ3n) is 3.80. The molecule has 2 heterocycles. The number of nitrogens with two attached hydrogens (primary N) is 1. The van der Waals surface area contributed by atoms with Crippen molar-refractivity contribution < 1.29 is 14.8 Å². The number of hydrogen-bond acceptors (Lipinski definition) is 9. The molecule has 134 valence electrons. The zero-order chi connectivity index (χ0) is 17.5. The van der Waals surface area contributed by atoms with Crippen LogP contribution in [0.3, 0.4) is 0 Å². The maximum absolute atomic E-state index is 11.4. The van der Waals surface area contributed by atoms with E-state index in [0.29, 0.717) is 32.2 Å². The van der Waals surface area contributed by atoms with Gasteiger partial charge in [0.05, 0.1) is 24.7 Å². The first kappa shape index (κ1) is 18.1. The molecular weight excluding hydrogens is 316 g/mol. The first-order valence-electron chi connectivity index (χ1n) is 8.02. The number of anilines is 3. The molecule has 0 bridgehead atoms. The third-order valence-corrected chi connectivity index (χ3v) is 3.80. The molecule has 0 amide bonds. The highest BCUT2D eigenvalue weighted by molar-refractivity contribution is 5.71. The SMILES string of the molecule is C[C@H]1CCCN(c2nc(NCCOCCO)nc(N)c2[N+](=O)[O-])C1. The maximum atomic E-state index is 11.4. The highest BCUT2D eigenvalue weighted by Gasteiger charge is 2.29. The monoisotopic (exact) mass is 340 g/mol. The summed E-state index contributed by atoms with van der Waals surface area (Å²) in [7, 11) is 0. The summed E-state index contributed by atoms with van der Waals surface area (Å²) in [6, 6.07) is 0. The van der Waals surface area contributed by atoms with Gasteiger partial charge in [-0.3, -0.25) is 10.1 Å². The van der Waals surface area contributed by atoms with Crippen molar-refractivity contribution in [1.29, 1.82) is 0 Å². The van der Waals surface area contributed by atoms with Crippen molar-refractivity contribution in [2.45, 2.75) is 19.8 Å². The van der Waals surface area contributed by atoms with Gasteiger partial charge in [-0.1, -0.05) is 6.92 Å². The zero-order valence-electron chi connectivity index (χ0n) is 13.8. The van der Waals surface area contributed by atoms with Crippen LogP contribution in [0.2, 0.25) is 0 Å². The van der Waals surface area contributed by atoms with Crippen LogP contribution in [0.4, 0.5) is 23.3 Å². The Morgan fingerprint density at radius 3 is 2.96 bits per heavy atom. The van der Waals surface area contributed by atoms with Gasteiger partial charge in [-0.25, -0.2) is 0 Å². The maximum Gasteiger partial charge on any atom is 0.353 e. The van der Waals surface area contributed by atoms with Gasteiger partial charge in [0.1, 0.15) is 0 Å². The smallest absolute Gasteiger partial charge is 0.353 e. The number of nitrogens with one attached hydrogen (secondary N) is 1. The summed E-state index contributed by atoms with van der Waals surface area (Å²) in [4.78, 5) is 21.0. The van der Waals surface area contributed by atoms with E-state index in [0.717, 1.165) is 12.8 Å². The second kappa shape index (κ2) is 8.60. The van der Waals surface area contributed by atoms with Gasteiger partial charge in [-0.2, -0.15) is 9.97 Å².